The van der Waals surface area contributed by atoms with E-state index in [4.69, 9.17) is 4.84 Å². The van der Waals surface area contributed by atoms with Crippen molar-refractivity contribution in [2.75, 3.05) is 44.6 Å². The first-order chi connectivity index (χ1) is 25.0. The number of hydrogen-bond donors (Lipinski definition) is 3. The van der Waals surface area contributed by atoms with E-state index >= 15 is 0 Å². The number of phenolic OH excluding ortho intramolecular Hbond substituents is 1. The monoisotopic (exact) mass is 780 g/mol. The highest BCUT2D eigenvalue weighted by molar-refractivity contribution is 9.10. The molecule has 1 saturated carbocycles. The Morgan fingerprint density at radius 2 is 1.75 bits per heavy atom. The summed E-state index contributed by atoms with van der Waals surface area (Å²) in [7, 11) is 0. The molecule has 278 valence electrons. The minimum Gasteiger partial charge on any atom is -0.507 e. The molecule has 0 bridgehead atoms. The lowest BCUT2D eigenvalue weighted by Gasteiger charge is -2.60. The predicted octanol–water partition coefficient (Wildman–Crippen LogP) is 4.95. The van der Waals surface area contributed by atoms with E-state index in [1.54, 1.807) is 17.0 Å². The zero-order valence-electron chi connectivity index (χ0n) is 29.5. The molecule has 3 unspecified atom stereocenters. The first kappa shape index (κ1) is 36.7. The van der Waals surface area contributed by atoms with E-state index in [-0.39, 0.29) is 62.5 Å². The third kappa shape index (κ3) is 6.05. The Kier molecular flexibility index (Phi) is 10.1. The van der Waals surface area contributed by atoms with Crippen molar-refractivity contribution in [3.05, 3.63) is 58.1 Å². The lowest BCUT2D eigenvalue weighted by atomic mass is 9.73. The lowest BCUT2D eigenvalue weighted by molar-refractivity contribution is -0.943. The fourth-order valence-corrected chi connectivity index (χ4v) is 10.4. The van der Waals surface area contributed by atoms with Crippen LogP contribution in [0, 0.1) is 11.8 Å². The third-order valence-corrected chi connectivity index (χ3v) is 13.3. The molecule has 0 aromatic heterocycles. The Morgan fingerprint density at radius 1 is 1.02 bits per heavy atom. The van der Waals surface area contributed by atoms with Gasteiger partial charge < -0.3 is 25.2 Å². The van der Waals surface area contributed by atoms with E-state index in [2.05, 4.69) is 21.2 Å². The second-order valence-electron chi connectivity index (χ2n) is 15.1. The maximum absolute atomic E-state index is 14.0. The summed E-state index contributed by atoms with van der Waals surface area (Å²) < 4.78 is -0.236. The summed E-state index contributed by atoms with van der Waals surface area (Å²) in [6.07, 6.45) is 2.88. The molecule has 0 radical (unpaired) electrons. The van der Waals surface area contributed by atoms with Gasteiger partial charge >= 0.3 is 12.1 Å². The van der Waals surface area contributed by atoms with Crippen LogP contribution in [0.2, 0.25) is 0 Å². The standard InChI is InChI=1S/C38H46BrN5O8/c1-2-52-41-15-9-26(10-16-41)28-12-18-43(38(22-28)33(47)34(38)48)37(14-20-45)23-29(42-17-11-27-5-3-4-6-31(27)40-35(42)49)13-19-44(37,36(50)51)24-25-7-8-32(46)30(39)21-25/h3-8,20-21,26,28-29H,2,9-19,22-24H2,1H3,(H2-,40,46,49,50,51)/p+1/t28?,29?,37?,44-/m0/s1. The van der Waals surface area contributed by atoms with Gasteiger partial charge in [-0.25, -0.2) is 14.2 Å². The van der Waals surface area contributed by atoms with E-state index in [0.29, 0.717) is 48.7 Å². The van der Waals surface area contributed by atoms with Crippen LogP contribution >= 0.6 is 15.9 Å². The van der Waals surface area contributed by atoms with Crippen molar-refractivity contribution >= 4 is 51.6 Å². The number of nitrogens with zero attached hydrogens (tertiary/aromatic N) is 4. The number of likely N-dealkylation sites (tertiary alicyclic amines) is 2. The molecule has 1 spiro atoms. The van der Waals surface area contributed by atoms with Gasteiger partial charge in [0, 0.05) is 56.3 Å². The first-order valence-corrected chi connectivity index (χ1v) is 19.2. The number of Topliss-reactive ketones (excluding diaryl/α,β-unsaturated/α-hetero) is 2. The van der Waals surface area contributed by atoms with Crippen LogP contribution in [-0.4, -0.2) is 116 Å². The average molecular weight is 782 g/mol. The maximum Gasteiger partial charge on any atom is 0.515 e. The summed E-state index contributed by atoms with van der Waals surface area (Å²) in [5.74, 6) is -0.726. The Balaban J connectivity index is 1.29. The second kappa shape index (κ2) is 14.3. The smallest absolute Gasteiger partial charge is 0.507 e. The highest BCUT2D eigenvalue weighted by atomic mass is 79.9. The van der Waals surface area contributed by atoms with Gasteiger partial charge in [-0.1, -0.05) is 18.2 Å². The van der Waals surface area contributed by atoms with E-state index < -0.39 is 39.4 Å². The van der Waals surface area contributed by atoms with Gasteiger partial charge in [-0.15, -0.1) is 0 Å². The third-order valence-electron chi connectivity index (χ3n) is 12.6. The SMILES string of the molecule is CCON1CCC(C2CCN(C3(CC=O)CC(N4CCc5ccccc5NC4=O)CC[N@+]3(Cc3ccc(O)c(Br)c3)C(=O)O)C3(C2)C(=O)C3=O)CC1. The number of urea groups is 1. The van der Waals surface area contributed by atoms with Gasteiger partial charge in [0.2, 0.25) is 11.6 Å². The number of amides is 3. The molecule has 4 atom stereocenters. The Morgan fingerprint density at radius 3 is 2.42 bits per heavy atom. The van der Waals surface area contributed by atoms with E-state index in [1.807, 2.05) is 41.2 Å². The van der Waals surface area contributed by atoms with Crippen molar-refractivity contribution in [3.63, 3.8) is 0 Å². The molecular formula is C38H47BrN5O8+. The number of rotatable bonds is 9. The Bertz CT molecular complexity index is 1750. The quantitative estimate of drug-likeness (QED) is 0.138. The van der Waals surface area contributed by atoms with Gasteiger partial charge in [0.15, 0.2) is 11.2 Å². The molecule has 4 fully saturated rings. The van der Waals surface area contributed by atoms with Gasteiger partial charge in [-0.2, -0.15) is 9.86 Å². The zero-order valence-corrected chi connectivity index (χ0v) is 31.1. The van der Waals surface area contributed by atoms with Crippen LogP contribution in [0.4, 0.5) is 15.3 Å². The number of quaternary nitrogens is 1. The number of anilines is 1. The fourth-order valence-electron chi connectivity index (χ4n) is 10.0. The van der Waals surface area contributed by atoms with Crippen molar-refractivity contribution in [2.24, 2.45) is 11.8 Å². The Labute approximate surface area is 311 Å². The Hall–Kier alpha value is -3.69. The molecular weight excluding hydrogens is 734 g/mol. The second-order valence-corrected chi connectivity index (χ2v) is 15.9. The molecule has 7 rings (SSSR count). The fraction of sp³-hybridized carbons (Fsp3) is 0.553. The summed E-state index contributed by atoms with van der Waals surface area (Å²) in [5.41, 5.74) is -0.769. The zero-order chi connectivity index (χ0) is 36.8. The summed E-state index contributed by atoms with van der Waals surface area (Å²) in [6.45, 7) is 4.67. The first-order valence-electron chi connectivity index (χ1n) is 18.4. The minimum atomic E-state index is -1.55. The number of para-hydroxylation sites is 1. The molecule has 5 aliphatic rings. The molecule has 3 amide bonds. The summed E-state index contributed by atoms with van der Waals surface area (Å²) in [6, 6.07) is 11.6. The number of carbonyl (C=O) groups is 5. The number of nitrogens with one attached hydrogen (secondary N) is 1. The molecule has 4 heterocycles. The number of piperidine rings is 3. The van der Waals surface area contributed by atoms with Crippen molar-refractivity contribution < 1.29 is 43.5 Å². The number of phenols is 1. The molecule has 3 saturated heterocycles. The largest absolute Gasteiger partial charge is 0.515 e. The number of carbonyl (C=O) groups excluding carboxylic acids is 4. The van der Waals surface area contributed by atoms with Gasteiger partial charge in [0.05, 0.1) is 24.0 Å². The number of hydroxylamine groups is 2. The maximum atomic E-state index is 14.0. The van der Waals surface area contributed by atoms with Crippen LogP contribution in [-0.2, 0) is 32.2 Å². The summed E-state index contributed by atoms with van der Waals surface area (Å²) >= 11 is 3.37. The molecule has 13 nitrogen and oxygen atoms in total. The van der Waals surface area contributed by atoms with E-state index in [0.717, 1.165) is 37.2 Å². The van der Waals surface area contributed by atoms with Crippen molar-refractivity contribution in [1.29, 1.82) is 0 Å². The normalized spacial score (nSPS) is 29.7. The number of carboxylic acid groups (broad SMARTS) is 1. The molecule has 4 aliphatic heterocycles. The van der Waals surface area contributed by atoms with Gasteiger partial charge in [-0.05, 0) is 96.6 Å². The lowest BCUT2D eigenvalue weighted by Crippen LogP contribution is -2.80. The van der Waals surface area contributed by atoms with Gasteiger partial charge in [0.25, 0.3) is 0 Å². The number of aromatic hydroxyl groups is 1. The summed E-state index contributed by atoms with van der Waals surface area (Å²) in [4.78, 5) is 77.7. The molecule has 2 aromatic carbocycles. The molecule has 14 heteroatoms. The van der Waals surface area contributed by atoms with E-state index in [9.17, 15) is 34.2 Å². The van der Waals surface area contributed by atoms with Crippen LogP contribution in [0.3, 0.4) is 0 Å². The van der Waals surface area contributed by atoms with Crippen molar-refractivity contribution in [1.82, 2.24) is 14.9 Å². The van der Waals surface area contributed by atoms with Crippen LogP contribution in [0.1, 0.15) is 63.0 Å². The molecule has 52 heavy (non-hydrogen) atoms. The summed E-state index contributed by atoms with van der Waals surface area (Å²) in [5, 5.41) is 26.7. The van der Waals surface area contributed by atoms with Crippen LogP contribution in [0.15, 0.2) is 46.9 Å². The number of halogens is 1. The molecule has 1 aliphatic carbocycles. The minimum absolute atomic E-state index is 0.000973. The number of aldehydes is 1. The highest BCUT2D eigenvalue weighted by Gasteiger charge is 2.78. The van der Waals surface area contributed by atoms with Crippen LogP contribution in [0.25, 0.3) is 0 Å². The predicted molar refractivity (Wildman–Crippen MR) is 193 cm³/mol. The van der Waals surface area contributed by atoms with Gasteiger partial charge in [0.1, 0.15) is 18.6 Å². The number of fused-ring (bicyclic) bond motifs is 1. The van der Waals surface area contributed by atoms with Crippen molar-refractivity contribution in [3.8, 4) is 5.75 Å². The van der Waals surface area contributed by atoms with Crippen LogP contribution < -0.4 is 5.32 Å². The number of benzene rings is 2. The van der Waals surface area contributed by atoms with Crippen molar-refractivity contribution in [2.45, 2.75) is 82.1 Å². The highest BCUT2D eigenvalue weighted by Crippen LogP contribution is 2.56. The number of ketones is 2. The number of hydrogen-bond acceptors (Lipinski definition) is 9. The topological polar surface area (TPSA) is 157 Å². The van der Waals surface area contributed by atoms with E-state index in [1.165, 1.54) is 6.07 Å². The molecule has 3 N–H and O–H groups in total. The van der Waals surface area contributed by atoms with Gasteiger partial charge in [-0.3, -0.25) is 14.4 Å². The van der Waals surface area contributed by atoms with Crippen LogP contribution in [0.5, 0.6) is 5.75 Å². The average Bonchev–Trinajstić information content (AvgIpc) is 3.69. The molecule has 2 aromatic rings.